The molecule has 15 heteroatoms. The summed E-state index contributed by atoms with van der Waals surface area (Å²) in [6.07, 6.45) is -8.37. The topological polar surface area (TPSA) is 107 Å². The highest BCUT2D eigenvalue weighted by atomic mass is 32.2. The lowest BCUT2D eigenvalue weighted by molar-refractivity contribution is -0.163. The van der Waals surface area contributed by atoms with Crippen molar-refractivity contribution in [1.82, 2.24) is 4.90 Å². The minimum absolute atomic E-state index is 0.197. The number of hydrogen-bond acceptors (Lipinski definition) is 6. The van der Waals surface area contributed by atoms with Gasteiger partial charge in [0.15, 0.2) is 0 Å². The molecule has 3 fully saturated rings. The molecule has 46 heavy (non-hydrogen) atoms. The fraction of sp³-hybridized carbons (Fsp3) is 0.452. The van der Waals surface area contributed by atoms with Gasteiger partial charge in [-0.1, -0.05) is 23.9 Å². The van der Waals surface area contributed by atoms with Crippen molar-refractivity contribution in [2.24, 2.45) is 23.7 Å². The Labute approximate surface area is 264 Å². The second-order valence-corrected chi connectivity index (χ2v) is 12.7. The van der Waals surface area contributed by atoms with E-state index in [1.54, 1.807) is 11.0 Å². The van der Waals surface area contributed by atoms with Crippen molar-refractivity contribution in [2.75, 3.05) is 44.3 Å². The summed E-state index contributed by atoms with van der Waals surface area (Å²) in [4.78, 5) is 37.9. The van der Waals surface area contributed by atoms with E-state index in [0.29, 0.717) is 30.3 Å². The number of benzene rings is 2. The summed E-state index contributed by atoms with van der Waals surface area (Å²) in [5.74, 6) is -4.05. The van der Waals surface area contributed by atoms with Gasteiger partial charge >= 0.3 is 24.3 Å². The van der Waals surface area contributed by atoms with E-state index in [2.05, 4.69) is 0 Å². The molecule has 0 aromatic heterocycles. The summed E-state index contributed by atoms with van der Waals surface area (Å²) in [5, 5.41) is 18.7. The summed E-state index contributed by atoms with van der Waals surface area (Å²) in [6.45, 7) is 1.45. The van der Waals surface area contributed by atoms with Crippen LogP contribution < -0.4 is 4.90 Å². The smallest absolute Gasteiger partial charge is 0.418 e. The summed E-state index contributed by atoms with van der Waals surface area (Å²) in [6, 6.07) is 7.96. The number of anilines is 1. The van der Waals surface area contributed by atoms with Gasteiger partial charge < -0.3 is 24.7 Å². The van der Waals surface area contributed by atoms with Crippen LogP contribution in [0.15, 0.2) is 52.3 Å². The maximum absolute atomic E-state index is 14.4. The second kappa shape index (κ2) is 13.2. The molecule has 2 aromatic carbocycles. The van der Waals surface area contributed by atoms with Crippen LogP contribution in [0.3, 0.4) is 0 Å². The van der Waals surface area contributed by atoms with Crippen LogP contribution in [0.25, 0.3) is 6.08 Å². The number of carbonyl (C=O) groups is 3. The molecule has 248 valence electrons. The van der Waals surface area contributed by atoms with Crippen LogP contribution in [0.1, 0.15) is 29.5 Å². The maximum Gasteiger partial charge on any atom is 0.418 e. The highest BCUT2D eigenvalue weighted by Gasteiger charge is 2.48. The van der Waals surface area contributed by atoms with Gasteiger partial charge in [0, 0.05) is 47.7 Å². The predicted octanol–water partition coefficient (Wildman–Crippen LogP) is 6.00. The predicted molar refractivity (Wildman–Crippen MR) is 154 cm³/mol. The van der Waals surface area contributed by atoms with Crippen LogP contribution >= 0.6 is 11.8 Å². The average Bonchev–Trinajstić information content (AvgIpc) is 3.91. The Morgan fingerprint density at radius 1 is 0.891 bits per heavy atom. The van der Waals surface area contributed by atoms with Gasteiger partial charge in [0.05, 0.1) is 36.2 Å². The van der Waals surface area contributed by atoms with E-state index in [-0.39, 0.29) is 56.1 Å². The Morgan fingerprint density at radius 2 is 1.48 bits per heavy atom. The number of rotatable bonds is 11. The minimum Gasteiger partial charge on any atom is -0.481 e. The Morgan fingerprint density at radius 3 is 2.00 bits per heavy atom. The molecule has 0 bridgehead atoms. The lowest BCUT2D eigenvalue weighted by Crippen LogP contribution is -2.39. The largest absolute Gasteiger partial charge is 0.481 e. The van der Waals surface area contributed by atoms with E-state index >= 15 is 0 Å². The molecule has 5 rings (SSSR count). The van der Waals surface area contributed by atoms with Gasteiger partial charge in [-0.05, 0) is 60.6 Å². The zero-order valence-electron chi connectivity index (χ0n) is 24.2. The van der Waals surface area contributed by atoms with E-state index in [4.69, 9.17) is 4.74 Å². The van der Waals surface area contributed by atoms with E-state index < -0.39 is 63.6 Å². The molecule has 1 heterocycles. The molecule has 2 aromatic rings. The summed E-state index contributed by atoms with van der Waals surface area (Å²) >= 11 is 0.491. The van der Waals surface area contributed by atoms with Crippen LogP contribution in [0.5, 0.6) is 0 Å². The number of halogens is 6. The van der Waals surface area contributed by atoms with Crippen molar-refractivity contribution in [2.45, 2.75) is 35.0 Å². The van der Waals surface area contributed by atoms with Gasteiger partial charge in [0.2, 0.25) is 5.91 Å². The fourth-order valence-corrected chi connectivity index (χ4v) is 6.72. The van der Waals surface area contributed by atoms with Crippen molar-refractivity contribution < 1.29 is 55.7 Å². The molecule has 4 unspecified atom stereocenters. The van der Waals surface area contributed by atoms with Crippen LogP contribution in [0.4, 0.5) is 32.0 Å². The number of carbonyl (C=O) groups excluding carboxylic acids is 1. The molecule has 2 N–H and O–H groups in total. The number of aliphatic carboxylic acids is 2. The number of alkyl halides is 6. The minimum atomic E-state index is -5.41. The summed E-state index contributed by atoms with van der Waals surface area (Å²) in [7, 11) is 0. The Hall–Kier alpha value is -3.72. The second-order valence-electron chi connectivity index (χ2n) is 11.6. The third kappa shape index (κ3) is 7.97. The van der Waals surface area contributed by atoms with Crippen molar-refractivity contribution in [3.05, 3.63) is 59.2 Å². The van der Waals surface area contributed by atoms with Gasteiger partial charge in [-0.25, -0.2) is 0 Å². The van der Waals surface area contributed by atoms with Gasteiger partial charge in [-0.2, -0.15) is 26.3 Å². The first-order chi connectivity index (χ1) is 21.6. The molecular weight excluding hydrogens is 642 g/mol. The van der Waals surface area contributed by atoms with E-state index in [1.165, 1.54) is 23.1 Å². The van der Waals surface area contributed by atoms with Gasteiger partial charge in [-0.15, -0.1) is 0 Å². The SMILES string of the molecule is O=C(O)C1CC1CN(CC1CC1C(=O)O)c1cccc(Sc2ccc(/C=C/C(=O)N3CCOCC3)c(C(F)(F)F)c2C(F)(F)F)c1. The third-order valence-corrected chi connectivity index (χ3v) is 9.34. The Bertz CT molecular complexity index is 1490. The number of nitrogens with zero attached hydrogens (tertiary/aromatic N) is 2. The first kappa shape index (κ1) is 33.6. The lowest BCUT2D eigenvalue weighted by atomic mass is 9.99. The molecule has 2 saturated carbocycles. The van der Waals surface area contributed by atoms with Gasteiger partial charge in [-0.3, -0.25) is 14.4 Å². The molecule has 1 saturated heterocycles. The van der Waals surface area contributed by atoms with E-state index in [0.717, 1.165) is 24.3 Å². The van der Waals surface area contributed by atoms with Crippen molar-refractivity contribution in [1.29, 1.82) is 0 Å². The molecule has 1 amide bonds. The van der Waals surface area contributed by atoms with Crippen molar-refractivity contribution in [3.63, 3.8) is 0 Å². The van der Waals surface area contributed by atoms with Crippen molar-refractivity contribution >= 4 is 41.4 Å². The monoisotopic (exact) mass is 672 g/mol. The highest BCUT2D eigenvalue weighted by Crippen LogP contribution is 2.49. The van der Waals surface area contributed by atoms with Crippen LogP contribution in [-0.4, -0.2) is 72.4 Å². The summed E-state index contributed by atoms with van der Waals surface area (Å²) in [5.41, 5.74) is -4.10. The quantitative estimate of drug-likeness (QED) is 0.221. The number of ether oxygens (including phenoxy) is 1. The zero-order chi connectivity index (χ0) is 33.4. The van der Waals surface area contributed by atoms with Crippen LogP contribution in [0, 0.1) is 23.7 Å². The normalized spacial score (nSPS) is 23.0. The number of hydrogen-bond donors (Lipinski definition) is 2. The number of carboxylic acid groups (broad SMARTS) is 2. The zero-order valence-corrected chi connectivity index (χ0v) is 25.0. The average molecular weight is 673 g/mol. The van der Waals surface area contributed by atoms with Crippen LogP contribution in [0.2, 0.25) is 0 Å². The third-order valence-electron chi connectivity index (χ3n) is 8.29. The lowest BCUT2D eigenvalue weighted by Gasteiger charge is -2.26. The van der Waals surface area contributed by atoms with E-state index in [1.807, 2.05) is 0 Å². The van der Waals surface area contributed by atoms with Gasteiger partial charge in [0.25, 0.3) is 0 Å². The molecule has 8 nitrogen and oxygen atoms in total. The molecule has 3 aliphatic rings. The van der Waals surface area contributed by atoms with Crippen LogP contribution in [-0.2, 0) is 31.5 Å². The highest BCUT2D eigenvalue weighted by molar-refractivity contribution is 7.99. The Balaban J connectivity index is 1.45. The first-order valence-corrected chi connectivity index (χ1v) is 15.3. The first-order valence-electron chi connectivity index (χ1n) is 14.5. The summed E-state index contributed by atoms with van der Waals surface area (Å²) < 4.78 is 91.2. The number of morpholine rings is 1. The molecule has 0 spiro atoms. The maximum atomic E-state index is 14.4. The Kier molecular flexibility index (Phi) is 9.64. The molecule has 1 aliphatic heterocycles. The number of amides is 1. The molecule has 0 radical (unpaired) electrons. The number of carboxylic acids is 2. The molecule has 4 atom stereocenters. The molecule has 2 aliphatic carbocycles. The van der Waals surface area contributed by atoms with E-state index in [9.17, 15) is 50.9 Å². The van der Waals surface area contributed by atoms with Gasteiger partial charge in [0.1, 0.15) is 0 Å². The van der Waals surface area contributed by atoms with Crippen molar-refractivity contribution in [3.8, 4) is 0 Å². The molecular formula is C31H30F6N2O6S. The standard InChI is InChI=1S/C31H30F6N2O6S/c32-30(33,34)26-17(5-7-25(40)38-8-10-45-11-9-38)4-6-24(27(26)31(35,36)37)46-21-3-1-2-20(14-21)39(15-18-12-22(18)28(41)42)16-19-13-23(19)29(43)44/h1-7,14,18-19,22-23H,8-13,15-16H2,(H,41,42)(H,43,44)/b7-5+. The fourth-order valence-electron chi connectivity index (χ4n) is 5.69.